The van der Waals surface area contributed by atoms with Crippen molar-refractivity contribution in [1.82, 2.24) is 14.9 Å². The summed E-state index contributed by atoms with van der Waals surface area (Å²) < 4.78 is 0. The van der Waals surface area contributed by atoms with Crippen LogP contribution in [0.4, 0.5) is 5.82 Å². The van der Waals surface area contributed by atoms with Crippen LogP contribution in [0.3, 0.4) is 0 Å². The Morgan fingerprint density at radius 1 is 1.30 bits per heavy atom. The van der Waals surface area contributed by atoms with Gasteiger partial charge < -0.3 is 10.2 Å². The molecule has 0 atom stereocenters. The highest BCUT2D eigenvalue weighted by molar-refractivity contribution is 5.78. The Balaban J connectivity index is 1.86. The second-order valence-corrected chi connectivity index (χ2v) is 5.67. The topological polar surface area (TPSA) is 58.1 Å². The molecule has 1 fully saturated rings. The zero-order valence-electron chi connectivity index (χ0n) is 12.6. The van der Waals surface area contributed by atoms with Gasteiger partial charge in [-0.25, -0.2) is 9.97 Å². The van der Waals surface area contributed by atoms with Gasteiger partial charge in [-0.1, -0.05) is 6.92 Å². The van der Waals surface area contributed by atoms with E-state index in [1.54, 1.807) is 11.2 Å². The molecule has 2 rings (SSSR count). The predicted molar refractivity (Wildman–Crippen MR) is 79.5 cm³/mol. The van der Waals surface area contributed by atoms with Gasteiger partial charge in [-0.3, -0.25) is 4.79 Å². The minimum Gasteiger partial charge on any atom is -0.367 e. The fourth-order valence-corrected chi connectivity index (χ4v) is 2.73. The van der Waals surface area contributed by atoms with Crippen LogP contribution >= 0.6 is 0 Å². The molecule has 1 saturated carbocycles. The van der Waals surface area contributed by atoms with Gasteiger partial charge in [-0.15, -0.1) is 0 Å². The third-order valence-corrected chi connectivity index (χ3v) is 3.96. The zero-order chi connectivity index (χ0) is 14.5. The number of rotatable bonds is 4. The third-order valence-electron chi connectivity index (χ3n) is 3.96. The number of hydrogen-bond donors (Lipinski definition) is 1. The van der Waals surface area contributed by atoms with Crippen LogP contribution < -0.4 is 5.32 Å². The lowest BCUT2D eigenvalue weighted by Crippen LogP contribution is -2.35. The van der Waals surface area contributed by atoms with Crippen LogP contribution in [0.25, 0.3) is 0 Å². The highest BCUT2D eigenvalue weighted by atomic mass is 16.2. The van der Waals surface area contributed by atoms with Crippen molar-refractivity contribution in [3.05, 3.63) is 18.1 Å². The average Bonchev–Trinajstić information content (AvgIpc) is 2.47. The molecule has 0 unspecified atom stereocenters. The van der Waals surface area contributed by atoms with Gasteiger partial charge in [0.25, 0.3) is 0 Å². The summed E-state index contributed by atoms with van der Waals surface area (Å²) >= 11 is 0. The first-order chi connectivity index (χ1) is 9.60. The van der Waals surface area contributed by atoms with E-state index in [2.05, 4.69) is 22.2 Å². The molecule has 1 aliphatic carbocycles. The molecule has 1 heterocycles. The molecular weight excluding hydrogens is 252 g/mol. The van der Waals surface area contributed by atoms with Crippen LogP contribution in [0, 0.1) is 5.92 Å². The Bertz CT molecular complexity index is 453. The molecule has 0 spiro atoms. The summed E-state index contributed by atoms with van der Waals surface area (Å²) in [6.45, 7) is 2.09. The second kappa shape index (κ2) is 6.68. The van der Waals surface area contributed by atoms with Crippen molar-refractivity contribution in [2.45, 2.75) is 45.1 Å². The van der Waals surface area contributed by atoms with Crippen LogP contribution in [0.15, 0.2) is 12.4 Å². The van der Waals surface area contributed by atoms with Gasteiger partial charge in [-0.05, 0) is 32.1 Å². The molecule has 0 radical (unpaired) electrons. The highest BCUT2D eigenvalue weighted by Gasteiger charge is 2.27. The van der Waals surface area contributed by atoms with E-state index in [1.807, 2.05) is 20.2 Å². The summed E-state index contributed by atoms with van der Waals surface area (Å²) in [7, 11) is 3.67. The van der Waals surface area contributed by atoms with Crippen LogP contribution in [0.1, 0.15) is 38.3 Å². The molecular formula is C15H24N4O. The van der Waals surface area contributed by atoms with Crippen molar-refractivity contribution in [3.63, 3.8) is 0 Å². The molecule has 0 bridgehead atoms. The van der Waals surface area contributed by atoms with E-state index < -0.39 is 0 Å². The van der Waals surface area contributed by atoms with Crippen LogP contribution in [-0.4, -0.2) is 40.9 Å². The molecule has 20 heavy (non-hydrogen) atoms. The normalized spacial score (nSPS) is 22.4. The van der Waals surface area contributed by atoms with Gasteiger partial charge >= 0.3 is 0 Å². The van der Waals surface area contributed by atoms with Crippen molar-refractivity contribution >= 4 is 11.7 Å². The molecule has 110 valence electrons. The molecule has 1 aromatic rings. The number of nitrogens with zero attached hydrogens (tertiary/aromatic N) is 3. The predicted octanol–water partition coefficient (Wildman–Crippen LogP) is 2.10. The summed E-state index contributed by atoms with van der Waals surface area (Å²) in [5, 5.41) is 3.47. The first kappa shape index (κ1) is 14.8. The Morgan fingerprint density at radius 3 is 2.60 bits per heavy atom. The van der Waals surface area contributed by atoms with E-state index in [1.165, 1.54) is 0 Å². The Morgan fingerprint density at radius 2 is 2.00 bits per heavy atom. The molecule has 5 nitrogen and oxygen atoms in total. The summed E-state index contributed by atoms with van der Waals surface area (Å²) in [6.07, 6.45) is 6.50. The van der Waals surface area contributed by atoms with E-state index in [4.69, 9.17) is 0 Å². The highest BCUT2D eigenvalue weighted by Crippen LogP contribution is 2.27. The average molecular weight is 276 g/mol. The minimum absolute atomic E-state index is 0.194. The van der Waals surface area contributed by atoms with Gasteiger partial charge in [0.2, 0.25) is 5.91 Å². The summed E-state index contributed by atoms with van der Waals surface area (Å²) in [4.78, 5) is 22.1. The number of carbonyl (C=O) groups is 1. The molecule has 1 amide bonds. The van der Waals surface area contributed by atoms with Gasteiger partial charge in [0.1, 0.15) is 12.1 Å². The Kier molecular flexibility index (Phi) is 4.93. The maximum atomic E-state index is 11.9. The van der Waals surface area contributed by atoms with E-state index in [9.17, 15) is 4.79 Å². The molecule has 0 saturated heterocycles. The van der Waals surface area contributed by atoms with Gasteiger partial charge in [0.15, 0.2) is 0 Å². The van der Waals surface area contributed by atoms with E-state index in [0.717, 1.165) is 43.6 Å². The summed E-state index contributed by atoms with van der Waals surface area (Å²) in [6, 6.07) is 2.43. The maximum absolute atomic E-state index is 11.9. The van der Waals surface area contributed by atoms with Crippen molar-refractivity contribution < 1.29 is 4.79 Å². The molecule has 0 aromatic carbocycles. The maximum Gasteiger partial charge on any atom is 0.225 e. The van der Waals surface area contributed by atoms with Crippen molar-refractivity contribution in [2.24, 2.45) is 5.92 Å². The van der Waals surface area contributed by atoms with Gasteiger partial charge in [0, 0.05) is 37.8 Å². The summed E-state index contributed by atoms with van der Waals surface area (Å²) in [5.41, 5.74) is 1.05. The number of anilines is 1. The van der Waals surface area contributed by atoms with E-state index in [0.29, 0.717) is 6.04 Å². The first-order valence-corrected chi connectivity index (χ1v) is 7.38. The first-order valence-electron chi connectivity index (χ1n) is 7.38. The number of hydrogen-bond acceptors (Lipinski definition) is 4. The summed E-state index contributed by atoms with van der Waals surface area (Å²) in [5.74, 6) is 1.36. The number of aromatic nitrogens is 2. The van der Waals surface area contributed by atoms with E-state index >= 15 is 0 Å². The number of nitrogens with one attached hydrogen (secondary N) is 1. The lowest BCUT2D eigenvalue weighted by Gasteiger charge is -2.30. The molecule has 1 aliphatic rings. The molecule has 5 heteroatoms. The van der Waals surface area contributed by atoms with Crippen molar-refractivity contribution in [2.75, 3.05) is 19.4 Å². The number of aryl methyl sites for hydroxylation is 1. The Labute approximate surface area is 120 Å². The quantitative estimate of drug-likeness (QED) is 0.915. The van der Waals surface area contributed by atoms with Gasteiger partial charge in [-0.2, -0.15) is 0 Å². The fourth-order valence-electron chi connectivity index (χ4n) is 2.73. The van der Waals surface area contributed by atoms with E-state index in [-0.39, 0.29) is 11.8 Å². The largest absolute Gasteiger partial charge is 0.367 e. The molecule has 0 aliphatic heterocycles. The fraction of sp³-hybridized carbons (Fsp3) is 0.667. The molecule has 1 N–H and O–H groups in total. The lowest BCUT2D eigenvalue weighted by molar-refractivity contribution is -0.133. The van der Waals surface area contributed by atoms with Crippen LogP contribution in [0.5, 0.6) is 0 Å². The van der Waals surface area contributed by atoms with Gasteiger partial charge in [0.05, 0.1) is 0 Å². The third kappa shape index (κ3) is 3.68. The second-order valence-electron chi connectivity index (χ2n) is 5.67. The van der Waals surface area contributed by atoms with Crippen LogP contribution in [0.2, 0.25) is 0 Å². The lowest BCUT2D eigenvalue weighted by atomic mass is 9.85. The van der Waals surface area contributed by atoms with Crippen molar-refractivity contribution in [1.29, 1.82) is 0 Å². The standard InChI is InChI=1S/C15H24N4O/c1-4-12-9-14(17-10-16-12)18-13-7-5-11(6-8-13)15(20)19(2)3/h9-11,13H,4-8H2,1-3H3,(H,16,17,18)/t11-,13+. The SMILES string of the molecule is CCc1cc(N[C@H]2CC[C@@H](C(=O)N(C)C)CC2)ncn1. The van der Waals surface area contributed by atoms with Crippen molar-refractivity contribution in [3.8, 4) is 0 Å². The molecule has 1 aromatic heterocycles. The minimum atomic E-state index is 0.194. The smallest absolute Gasteiger partial charge is 0.225 e. The zero-order valence-corrected chi connectivity index (χ0v) is 12.6. The number of amides is 1. The monoisotopic (exact) mass is 276 g/mol. The number of carbonyl (C=O) groups excluding carboxylic acids is 1. The Hall–Kier alpha value is -1.65. The van der Waals surface area contributed by atoms with Crippen LogP contribution in [-0.2, 0) is 11.2 Å².